The Kier molecular flexibility index (Phi) is 7.95. The van der Waals surface area contributed by atoms with Crippen LogP contribution in [-0.4, -0.2) is 38.6 Å². The summed E-state index contributed by atoms with van der Waals surface area (Å²) >= 11 is 7.48. The van der Waals surface area contributed by atoms with Gasteiger partial charge in [0.1, 0.15) is 6.04 Å². The van der Waals surface area contributed by atoms with Crippen LogP contribution in [0.3, 0.4) is 0 Å². The summed E-state index contributed by atoms with van der Waals surface area (Å²) in [4.78, 5) is 15.7. The summed E-state index contributed by atoms with van der Waals surface area (Å²) in [5.74, 6) is -0.489. The van der Waals surface area contributed by atoms with Crippen LogP contribution >= 0.6 is 23.4 Å². The van der Waals surface area contributed by atoms with Crippen molar-refractivity contribution in [1.82, 2.24) is 9.62 Å². The van der Waals surface area contributed by atoms with Crippen molar-refractivity contribution in [3.05, 3.63) is 59.1 Å². The third kappa shape index (κ3) is 5.98. The van der Waals surface area contributed by atoms with Crippen molar-refractivity contribution in [2.45, 2.75) is 36.2 Å². The molecule has 2 rings (SSSR count). The molecule has 28 heavy (non-hydrogen) atoms. The lowest BCUT2D eigenvalue weighted by molar-refractivity contribution is -0.133. The van der Waals surface area contributed by atoms with Gasteiger partial charge in [-0.05, 0) is 54.1 Å². The molecule has 1 N–H and O–H groups in total. The molecule has 2 aromatic carbocycles. The third-order valence-electron chi connectivity index (χ3n) is 4.29. The van der Waals surface area contributed by atoms with Gasteiger partial charge in [0.25, 0.3) is 0 Å². The summed E-state index contributed by atoms with van der Waals surface area (Å²) in [6, 6.07) is 12.9. The standard InChI is InChI=1S/C20H25ClN2O3S2/c1-14(2)19(22-28(25,26)18-11-7-16(21)8-12-18)20(24)23(3)13-15-5-9-17(27-4)10-6-15/h5-12,14,19,22H,13H2,1-4H3/t19-/m0/s1. The van der Waals surface area contributed by atoms with E-state index in [4.69, 9.17) is 11.6 Å². The lowest BCUT2D eigenvalue weighted by Gasteiger charge is -2.27. The molecule has 152 valence electrons. The molecule has 0 unspecified atom stereocenters. The van der Waals surface area contributed by atoms with Gasteiger partial charge in [0.15, 0.2) is 0 Å². The monoisotopic (exact) mass is 440 g/mol. The van der Waals surface area contributed by atoms with E-state index in [2.05, 4.69) is 4.72 Å². The number of likely N-dealkylation sites (N-methyl/N-ethyl adjacent to an activating group) is 1. The highest BCUT2D eigenvalue weighted by atomic mass is 35.5. The normalized spacial score (nSPS) is 12.8. The SMILES string of the molecule is CSc1ccc(CN(C)C(=O)[C@@H](NS(=O)(=O)c2ccc(Cl)cc2)C(C)C)cc1. The van der Waals surface area contributed by atoms with Crippen LogP contribution in [0.15, 0.2) is 58.3 Å². The number of nitrogens with zero attached hydrogens (tertiary/aromatic N) is 1. The lowest BCUT2D eigenvalue weighted by Crippen LogP contribution is -2.49. The smallest absolute Gasteiger partial charge is 0.241 e. The molecule has 0 saturated heterocycles. The summed E-state index contributed by atoms with van der Waals surface area (Å²) < 4.78 is 27.9. The average molecular weight is 441 g/mol. The number of carbonyl (C=O) groups excluding carboxylic acids is 1. The number of halogens is 1. The van der Waals surface area contributed by atoms with Gasteiger partial charge in [-0.2, -0.15) is 4.72 Å². The van der Waals surface area contributed by atoms with Crippen molar-refractivity contribution in [2.24, 2.45) is 5.92 Å². The van der Waals surface area contributed by atoms with Gasteiger partial charge in [0, 0.05) is 23.5 Å². The molecule has 0 aliphatic carbocycles. The maximum absolute atomic E-state index is 12.9. The van der Waals surface area contributed by atoms with Gasteiger partial charge in [0.2, 0.25) is 15.9 Å². The highest BCUT2D eigenvalue weighted by Crippen LogP contribution is 2.18. The zero-order valence-corrected chi connectivity index (χ0v) is 18.7. The van der Waals surface area contributed by atoms with Gasteiger partial charge in [0.05, 0.1) is 4.90 Å². The first-order valence-electron chi connectivity index (χ1n) is 8.80. The Bertz CT molecular complexity index is 898. The molecule has 0 aromatic heterocycles. The van der Waals surface area contributed by atoms with Crippen LogP contribution in [0.4, 0.5) is 0 Å². The van der Waals surface area contributed by atoms with Crippen molar-refractivity contribution in [1.29, 1.82) is 0 Å². The molecule has 0 saturated carbocycles. The number of thioether (sulfide) groups is 1. The summed E-state index contributed by atoms with van der Waals surface area (Å²) in [5, 5.41) is 0.447. The third-order valence-corrected chi connectivity index (χ3v) is 6.75. The predicted molar refractivity (Wildman–Crippen MR) is 115 cm³/mol. The van der Waals surface area contributed by atoms with Gasteiger partial charge in [-0.1, -0.05) is 37.6 Å². The summed E-state index contributed by atoms with van der Waals surface area (Å²) in [6.45, 7) is 4.03. The molecule has 0 radical (unpaired) electrons. The fourth-order valence-electron chi connectivity index (χ4n) is 2.64. The Morgan fingerprint density at radius 1 is 1.11 bits per heavy atom. The van der Waals surface area contributed by atoms with Crippen LogP contribution in [-0.2, 0) is 21.4 Å². The van der Waals surface area contributed by atoms with E-state index in [1.54, 1.807) is 23.7 Å². The molecule has 5 nitrogen and oxygen atoms in total. The quantitative estimate of drug-likeness (QED) is 0.629. The number of hydrogen-bond donors (Lipinski definition) is 1. The fraction of sp³-hybridized carbons (Fsp3) is 0.350. The second-order valence-electron chi connectivity index (χ2n) is 6.84. The number of carbonyl (C=O) groups is 1. The Hall–Kier alpha value is -1.54. The molecule has 2 aromatic rings. The minimum atomic E-state index is -3.84. The molecule has 0 fully saturated rings. The van der Waals surface area contributed by atoms with E-state index in [0.717, 1.165) is 10.5 Å². The van der Waals surface area contributed by atoms with Gasteiger partial charge >= 0.3 is 0 Å². The summed E-state index contributed by atoms with van der Waals surface area (Å²) in [7, 11) is -2.16. The Morgan fingerprint density at radius 2 is 1.68 bits per heavy atom. The van der Waals surface area contributed by atoms with Crippen molar-refractivity contribution in [2.75, 3.05) is 13.3 Å². The van der Waals surface area contributed by atoms with Crippen LogP contribution in [0.2, 0.25) is 5.02 Å². The second kappa shape index (κ2) is 9.78. The zero-order chi connectivity index (χ0) is 20.9. The number of nitrogens with one attached hydrogen (secondary N) is 1. The number of rotatable bonds is 8. The second-order valence-corrected chi connectivity index (χ2v) is 9.87. The molecule has 0 heterocycles. The van der Waals surface area contributed by atoms with E-state index in [0.29, 0.717) is 11.6 Å². The van der Waals surface area contributed by atoms with Gasteiger partial charge < -0.3 is 4.90 Å². The molecule has 0 bridgehead atoms. The topological polar surface area (TPSA) is 66.5 Å². The fourth-order valence-corrected chi connectivity index (χ4v) is 4.51. The molecule has 0 spiro atoms. The number of amides is 1. The average Bonchev–Trinajstić information content (AvgIpc) is 2.66. The van der Waals surface area contributed by atoms with Crippen LogP contribution < -0.4 is 4.72 Å². The van der Waals surface area contributed by atoms with E-state index in [1.807, 2.05) is 44.4 Å². The van der Waals surface area contributed by atoms with E-state index in [9.17, 15) is 13.2 Å². The van der Waals surface area contributed by atoms with Crippen molar-refractivity contribution < 1.29 is 13.2 Å². The molecular formula is C20H25ClN2O3S2. The Balaban J connectivity index is 2.14. The first-order valence-corrected chi connectivity index (χ1v) is 11.9. The molecule has 0 aliphatic heterocycles. The van der Waals surface area contributed by atoms with Crippen LogP contribution in [0.25, 0.3) is 0 Å². The number of benzene rings is 2. The highest BCUT2D eigenvalue weighted by Gasteiger charge is 2.30. The summed E-state index contributed by atoms with van der Waals surface area (Å²) in [6.07, 6.45) is 2.00. The summed E-state index contributed by atoms with van der Waals surface area (Å²) in [5.41, 5.74) is 0.983. The predicted octanol–water partition coefficient (Wildman–Crippen LogP) is 4.02. The van der Waals surface area contributed by atoms with E-state index < -0.39 is 16.1 Å². The van der Waals surface area contributed by atoms with Crippen LogP contribution in [0.5, 0.6) is 0 Å². The maximum Gasteiger partial charge on any atom is 0.241 e. The molecule has 0 aliphatic rings. The van der Waals surface area contributed by atoms with Crippen LogP contribution in [0.1, 0.15) is 19.4 Å². The Morgan fingerprint density at radius 3 is 2.18 bits per heavy atom. The first-order chi connectivity index (χ1) is 13.1. The van der Waals surface area contributed by atoms with E-state index in [-0.39, 0.29) is 16.7 Å². The zero-order valence-electron chi connectivity index (χ0n) is 16.3. The van der Waals surface area contributed by atoms with Gasteiger partial charge in [-0.3, -0.25) is 4.79 Å². The van der Waals surface area contributed by atoms with Crippen molar-refractivity contribution in [3.8, 4) is 0 Å². The van der Waals surface area contributed by atoms with Crippen molar-refractivity contribution in [3.63, 3.8) is 0 Å². The van der Waals surface area contributed by atoms with Crippen LogP contribution in [0, 0.1) is 5.92 Å². The molecule has 1 atom stereocenters. The minimum Gasteiger partial charge on any atom is -0.340 e. The van der Waals surface area contributed by atoms with Gasteiger partial charge in [-0.15, -0.1) is 11.8 Å². The molecular weight excluding hydrogens is 416 g/mol. The van der Waals surface area contributed by atoms with Crippen molar-refractivity contribution >= 4 is 39.3 Å². The number of sulfonamides is 1. The minimum absolute atomic E-state index is 0.0747. The van der Waals surface area contributed by atoms with E-state index in [1.165, 1.54) is 24.3 Å². The maximum atomic E-state index is 12.9. The Labute approximate surface area is 176 Å². The van der Waals surface area contributed by atoms with E-state index >= 15 is 0 Å². The van der Waals surface area contributed by atoms with Gasteiger partial charge in [-0.25, -0.2) is 8.42 Å². The largest absolute Gasteiger partial charge is 0.340 e. The molecule has 1 amide bonds. The highest BCUT2D eigenvalue weighted by molar-refractivity contribution is 7.98. The molecule has 8 heteroatoms. The first kappa shape index (κ1) is 22.7. The lowest BCUT2D eigenvalue weighted by atomic mass is 10.0. The number of hydrogen-bond acceptors (Lipinski definition) is 4.